The molecule has 2 nitrogen and oxygen atoms in total. The van der Waals surface area contributed by atoms with Crippen LogP contribution in [0.5, 0.6) is 5.75 Å². The summed E-state index contributed by atoms with van der Waals surface area (Å²) in [6, 6.07) is 16.5. The van der Waals surface area contributed by atoms with E-state index in [2.05, 4.69) is 17.4 Å². The maximum Gasteiger partial charge on any atom is 0.122 e. The van der Waals surface area contributed by atoms with Gasteiger partial charge in [0.05, 0.1) is 7.11 Å². The molecule has 0 spiro atoms. The maximum absolute atomic E-state index is 6.04. The zero-order valence-corrected chi connectivity index (χ0v) is 12.7. The van der Waals surface area contributed by atoms with E-state index >= 15 is 0 Å². The van der Waals surface area contributed by atoms with Crippen molar-refractivity contribution in [2.45, 2.75) is 18.9 Å². The van der Waals surface area contributed by atoms with Crippen molar-refractivity contribution in [1.82, 2.24) is 5.32 Å². The fourth-order valence-electron chi connectivity index (χ4n) is 2.36. The lowest BCUT2D eigenvalue weighted by atomic mass is 9.98. The Labute approximate surface area is 125 Å². The normalized spacial score (nSPS) is 12.2. The van der Waals surface area contributed by atoms with Gasteiger partial charge >= 0.3 is 0 Å². The Morgan fingerprint density at radius 1 is 1.10 bits per heavy atom. The largest absolute Gasteiger partial charge is 0.496 e. The quantitative estimate of drug-likeness (QED) is 0.875. The minimum atomic E-state index is 0.352. The van der Waals surface area contributed by atoms with Crippen LogP contribution in [0.2, 0.25) is 5.02 Å². The van der Waals surface area contributed by atoms with Crippen molar-refractivity contribution < 1.29 is 4.74 Å². The number of para-hydroxylation sites is 1. The zero-order valence-electron chi connectivity index (χ0n) is 11.9. The number of ether oxygens (including phenoxy) is 1. The van der Waals surface area contributed by atoms with Crippen molar-refractivity contribution in [2.24, 2.45) is 0 Å². The smallest absolute Gasteiger partial charge is 0.122 e. The van der Waals surface area contributed by atoms with Crippen LogP contribution in [-0.2, 0) is 12.8 Å². The Morgan fingerprint density at radius 2 is 1.90 bits per heavy atom. The lowest BCUT2D eigenvalue weighted by molar-refractivity contribution is 0.406. The fourth-order valence-corrected chi connectivity index (χ4v) is 2.57. The second-order valence-electron chi connectivity index (χ2n) is 4.84. The standard InChI is InChI=1S/C17H20ClNO/c1-19-16(11-13-6-5-8-15(18)10-13)12-14-7-3-4-9-17(14)20-2/h3-10,16,19H,11-12H2,1-2H3. The number of methoxy groups -OCH3 is 1. The van der Waals surface area contributed by atoms with E-state index in [-0.39, 0.29) is 0 Å². The summed E-state index contributed by atoms with van der Waals surface area (Å²) in [5.74, 6) is 0.943. The lowest BCUT2D eigenvalue weighted by Crippen LogP contribution is -2.30. The third-order valence-electron chi connectivity index (χ3n) is 3.44. The molecule has 0 aromatic heterocycles. The Hall–Kier alpha value is -1.51. The highest BCUT2D eigenvalue weighted by Crippen LogP contribution is 2.20. The average Bonchev–Trinajstić information content (AvgIpc) is 2.47. The zero-order chi connectivity index (χ0) is 14.4. The first kappa shape index (κ1) is 14.9. The molecule has 1 atom stereocenters. The average molecular weight is 290 g/mol. The summed E-state index contributed by atoms with van der Waals surface area (Å²) >= 11 is 6.04. The van der Waals surface area contributed by atoms with E-state index in [0.29, 0.717) is 6.04 Å². The second kappa shape index (κ2) is 7.32. The number of likely N-dealkylation sites (N-methyl/N-ethyl adjacent to an activating group) is 1. The molecule has 1 N–H and O–H groups in total. The van der Waals surface area contributed by atoms with Crippen LogP contribution in [0.3, 0.4) is 0 Å². The van der Waals surface area contributed by atoms with E-state index in [1.807, 2.05) is 43.4 Å². The minimum Gasteiger partial charge on any atom is -0.496 e. The van der Waals surface area contributed by atoms with Gasteiger partial charge in [-0.3, -0.25) is 0 Å². The Kier molecular flexibility index (Phi) is 5.45. The van der Waals surface area contributed by atoms with Gasteiger partial charge in [0, 0.05) is 11.1 Å². The lowest BCUT2D eigenvalue weighted by Gasteiger charge is -2.18. The Balaban J connectivity index is 2.09. The molecule has 0 radical (unpaired) electrons. The van der Waals surface area contributed by atoms with Gasteiger partial charge in [0.25, 0.3) is 0 Å². The highest BCUT2D eigenvalue weighted by molar-refractivity contribution is 6.30. The van der Waals surface area contributed by atoms with Gasteiger partial charge in [-0.25, -0.2) is 0 Å². The Morgan fingerprint density at radius 3 is 2.60 bits per heavy atom. The molecule has 0 heterocycles. The monoisotopic (exact) mass is 289 g/mol. The molecule has 0 bridgehead atoms. The van der Waals surface area contributed by atoms with Gasteiger partial charge in [0.1, 0.15) is 5.75 Å². The third-order valence-corrected chi connectivity index (χ3v) is 3.67. The predicted molar refractivity (Wildman–Crippen MR) is 84.7 cm³/mol. The fraction of sp³-hybridized carbons (Fsp3) is 0.294. The summed E-state index contributed by atoms with van der Waals surface area (Å²) < 4.78 is 5.41. The minimum absolute atomic E-state index is 0.352. The molecule has 2 rings (SSSR count). The molecule has 0 aliphatic carbocycles. The van der Waals surface area contributed by atoms with Gasteiger partial charge in [-0.15, -0.1) is 0 Å². The van der Waals surface area contributed by atoms with Gasteiger partial charge in [0.2, 0.25) is 0 Å². The summed E-state index contributed by atoms with van der Waals surface area (Å²) in [7, 11) is 3.70. The van der Waals surface area contributed by atoms with Crippen LogP contribution in [0.25, 0.3) is 0 Å². The molecule has 1 unspecified atom stereocenters. The van der Waals surface area contributed by atoms with Gasteiger partial charge in [-0.2, -0.15) is 0 Å². The van der Waals surface area contributed by atoms with Gasteiger partial charge in [-0.1, -0.05) is 41.9 Å². The molecule has 2 aromatic rings. The maximum atomic E-state index is 6.04. The van der Waals surface area contributed by atoms with Gasteiger partial charge in [-0.05, 0) is 49.2 Å². The molecule has 106 valence electrons. The summed E-state index contributed by atoms with van der Waals surface area (Å²) in [6.07, 6.45) is 1.86. The third kappa shape index (κ3) is 3.99. The first-order chi connectivity index (χ1) is 9.72. The van der Waals surface area contributed by atoms with E-state index in [0.717, 1.165) is 23.6 Å². The number of hydrogen-bond donors (Lipinski definition) is 1. The highest BCUT2D eigenvalue weighted by atomic mass is 35.5. The van der Waals surface area contributed by atoms with Crippen molar-refractivity contribution >= 4 is 11.6 Å². The van der Waals surface area contributed by atoms with Crippen molar-refractivity contribution in [1.29, 1.82) is 0 Å². The molecule has 0 saturated carbocycles. The topological polar surface area (TPSA) is 21.3 Å². The second-order valence-corrected chi connectivity index (χ2v) is 5.27. The summed E-state index contributed by atoms with van der Waals surface area (Å²) in [6.45, 7) is 0. The van der Waals surface area contributed by atoms with Crippen LogP contribution < -0.4 is 10.1 Å². The van der Waals surface area contributed by atoms with Crippen LogP contribution in [0.1, 0.15) is 11.1 Å². The molecular formula is C17H20ClNO. The number of halogens is 1. The molecule has 0 fully saturated rings. The van der Waals surface area contributed by atoms with Gasteiger partial charge < -0.3 is 10.1 Å². The van der Waals surface area contributed by atoms with Crippen LogP contribution in [0.4, 0.5) is 0 Å². The molecule has 20 heavy (non-hydrogen) atoms. The van der Waals surface area contributed by atoms with Crippen molar-refractivity contribution in [3.8, 4) is 5.75 Å². The molecule has 0 saturated heterocycles. The first-order valence-electron chi connectivity index (χ1n) is 6.76. The number of nitrogens with one attached hydrogen (secondary N) is 1. The van der Waals surface area contributed by atoms with E-state index < -0.39 is 0 Å². The number of rotatable bonds is 6. The molecule has 0 aliphatic heterocycles. The predicted octanol–water partition coefficient (Wildman–Crippen LogP) is 3.72. The number of hydrogen-bond acceptors (Lipinski definition) is 2. The van der Waals surface area contributed by atoms with Crippen molar-refractivity contribution in [3.63, 3.8) is 0 Å². The van der Waals surface area contributed by atoms with Crippen LogP contribution in [-0.4, -0.2) is 20.2 Å². The molecule has 2 aromatic carbocycles. The summed E-state index contributed by atoms with van der Waals surface area (Å²) in [5, 5.41) is 4.16. The SMILES string of the molecule is CNC(Cc1cccc(Cl)c1)Cc1ccccc1OC. The van der Waals surface area contributed by atoms with Crippen molar-refractivity contribution in [2.75, 3.05) is 14.2 Å². The van der Waals surface area contributed by atoms with E-state index in [9.17, 15) is 0 Å². The highest BCUT2D eigenvalue weighted by Gasteiger charge is 2.11. The number of benzene rings is 2. The molecule has 0 amide bonds. The Bertz CT molecular complexity index is 556. The summed E-state index contributed by atoms with van der Waals surface area (Å²) in [4.78, 5) is 0. The van der Waals surface area contributed by atoms with E-state index in [1.165, 1.54) is 11.1 Å². The van der Waals surface area contributed by atoms with Crippen LogP contribution in [0.15, 0.2) is 48.5 Å². The molecular weight excluding hydrogens is 270 g/mol. The first-order valence-corrected chi connectivity index (χ1v) is 7.14. The van der Waals surface area contributed by atoms with Gasteiger partial charge in [0.15, 0.2) is 0 Å². The summed E-state index contributed by atoms with van der Waals surface area (Å²) in [5.41, 5.74) is 2.46. The van der Waals surface area contributed by atoms with Crippen LogP contribution in [0, 0.1) is 0 Å². The van der Waals surface area contributed by atoms with E-state index in [1.54, 1.807) is 7.11 Å². The molecule has 3 heteroatoms. The van der Waals surface area contributed by atoms with Crippen molar-refractivity contribution in [3.05, 3.63) is 64.7 Å². The molecule has 0 aliphatic rings. The van der Waals surface area contributed by atoms with Crippen LogP contribution >= 0.6 is 11.6 Å². The van der Waals surface area contributed by atoms with E-state index in [4.69, 9.17) is 16.3 Å².